The molecule has 0 radical (unpaired) electrons. The van der Waals surface area contributed by atoms with E-state index in [0.717, 1.165) is 5.56 Å². The fourth-order valence-electron chi connectivity index (χ4n) is 1.83. The van der Waals surface area contributed by atoms with Crippen LogP contribution in [0.4, 0.5) is 10.5 Å². The molecule has 0 fully saturated rings. The van der Waals surface area contributed by atoms with Crippen molar-refractivity contribution in [3.05, 3.63) is 17.7 Å². The van der Waals surface area contributed by atoms with Gasteiger partial charge in [-0.15, -0.1) is 0 Å². The predicted molar refractivity (Wildman–Crippen MR) is 75.2 cm³/mol. The van der Waals surface area contributed by atoms with Crippen LogP contribution in [0, 0.1) is 0 Å². The molecule has 0 spiro atoms. The van der Waals surface area contributed by atoms with Gasteiger partial charge in [-0.2, -0.15) is 0 Å². The predicted octanol–water partition coefficient (Wildman–Crippen LogP) is 2.26. The minimum atomic E-state index is -0.555. The summed E-state index contributed by atoms with van der Waals surface area (Å²) in [6.07, 6.45) is -0.524. The van der Waals surface area contributed by atoms with Crippen LogP contribution in [-0.4, -0.2) is 24.9 Å². The molecule has 1 amide bonds. The summed E-state index contributed by atoms with van der Waals surface area (Å²) in [5.41, 5.74) is 6.48. The van der Waals surface area contributed by atoms with Gasteiger partial charge in [0.05, 0.1) is 5.69 Å². The summed E-state index contributed by atoms with van der Waals surface area (Å²) in [5, 5.41) is 2.69. The minimum absolute atomic E-state index is 0.280. The van der Waals surface area contributed by atoms with Crippen LogP contribution in [0.25, 0.3) is 0 Å². The van der Waals surface area contributed by atoms with Gasteiger partial charge in [0, 0.05) is 12.6 Å². The number of nitrogens with one attached hydrogen (secondary N) is 1. The van der Waals surface area contributed by atoms with E-state index >= 15 is 0 Å². The zero-order chi connectivity index (χ0) is 14.8. The highest BCUT2D eigenvalue weighted by Crippen LogP contribution is 2.35. The third-order valence-corrected chi connectivity index (χ3v) is 2.62. The molecule has 3 N–H and O–H groups in total. The average Bonchev–Trinajstić information content (AvgIpc) is 2.35. The Hall–Kier alpha value is -1.95. The third-order valence-electron chi connectivity index (χ3n) is 2.62. The number of hydrogen-bond acceptors (Lipinski definition) is 5. The van der Waals surface area contributed by atoms with E-state index in [1.807, 2.05) is 0 Å². The highest BCUT2D eigenvalue weighted by Gasteiger charge is 2.20. The van der Waals surface area contributed by atoms with Crippen molar-refractivity contribution >= 4 is 11.8 Å². The summed E-state index contributed by atoms with van der Waals surface area (Å²) in [7, 11) is 0. The van der Waals surface area contributed by atoms with Gasteiger partial charge in [0.15, 0.2) is 11.5 Å². The smallest absolute Gasteiger partial charge is 0.412 e. The van der Waals surface area contributed by atoms with Crippen LogP contribution < -0.4 is 20.5 Å². The Bertz CT molecular complexity index is 509. The zero-order valence-electron chi connectivity index (χ0n) is 12.0. The molecule has 1 aromatic rings. The van der Waals surface area contributed by atoms with Gasteiger partial charge >= 0.3 is 6.09 Å². The molecule has 2 rings (SSSR count). The van der Waals surface area contributed by atoms with Crippen LogP contribution in [0.3, 0.4) is 0 Å². The number of ether oxygens (including phenoxy) is 3. The maximum atomic E-state index is 11.8. The van der Waals surface area contributed by atoms with Crippen molar-refractivity contribution in [3.8, 4) is 11.5 Å². The Morgan fingerprint density at radius 2 is 1.90 bits per heavy atom. The van der Waals surface area contributed by atoms with Crippen molar-refractivity contribution in [3.63, 3.8) is 0 Å². The maximum Gasteiger partial charge on any atom is 0.412 e. The molecule has 6 nitrogen and oxygen atoms in total. The molecular formula is C14H20N2O4. The monoisotopic (exact) mass is 280 g/mol. The van der Waals surface area contributed by atoms with Crippen LogP contribution in [-0.2, 0) is 11.3 Å². The second-order valence-corrected chi connectivity index (χ2v) is 5.48. The summed E-state index contributed by atoms with van der Waals surface area (Å²) in [4.78, 5) is 11.8. The van der Waals surface area contributed by atoms with E-state index in [0.29, 0.717) is 30.4 Å². The summed E-state index contributed by atoms with van der Waals surface area (Å²) in [6, 6.07) is 3.49. The molecule has 1 aliphatic heterocycles. The lowest BCUT2D eigenvalue weighted by Gasteiger charge is -2.23. The molecule has 110 valence electrons. The van der Waals surface area contributed by atoms with E-state index in [-0.39, 0.29) is 6.54 Å². The maximum absolute atomic E-state index is 11.8. The van der Waals surface area contributed by atoms with Gasteiger partial charge in [-0.25, -0.2) is 4.79 Å². The molecule has 0 unspecified atom stereocenters. The molecule has 1 aliphatic rings. The van der Waals surface area contributed by atoms with Crippen LogP contribution in [0.15, 0.2) is 12.1 Å². The van der Waals surface area contributed by atoms with Gasteiger partial charge in [0.1, 0.15) is 18.8 Å². The van der Waals surface area contributed by atoms with Gasteiger partial charge in [-0.05, 0) is 32.4 Å². The number of anilines is 1. The molecule has 0 aromatic heterocycles. The van der Waals surface area contributed by atoms with E-state index in [2.05, 4.69) is 5.32 Å². The Labute approximate surface area is 118 Å². The van der Waals surface area contributed by atoms with Crippen LogP contribution in [0.5, 0.6) is 11.5 Å². The molecule has 0 atom stereocenters. The molecule has 0 saturated heterocycles. The normalized spacial score (nSPS) is 13.8. The zero-order valence-corrected chi connectivity index (χ0v) is 12.0. The standard InChI is InChI=1S/C14H20N2O4/c1-14(2,3)20-13(17)16-10-7-12-11(6-9(10)8-15)18-4-5-19-12/h6-7H,4-5,8,15H2,1-3H3,(H,16,17). The summed E-state index contributed by atoms with van der Waals surface area (Å²) < 4.78 is 16.2. The number of rotatable bonds is 2. The Balaban J connectivity index is 2.20. The van der Waals surface area contributed by atoms with E-state index < -0.39 is 11.7 Å². The second-order valence-electron chi connectivity index (χ2n) is 5.48. The lowest BCUT2D eigenvalue weighted by atomic mass is 10.1. The van der Waals surface area contributed by atoms with Crippen molar-refractivity contribution in [2.24, 2.45) is 5.73 Å². The number of carbonyl (C=O) groups is 1. The number of benzene rings is 1. The number of carbonyl (C=O) groups excluding carboxylic acids is 1. The highest BCUT2D eigenvalue weighted by molar-refractivity contribution is 5.86. The molecule has 0 saturated carbocycles. The quantitative estimate of drug-likeness (QED) is 0.868. The first kappa shape index (κ1) is 14.5. The van der Waals surface area contributed by atoms with Gasteiger partial charge < -0.3 is 19.9 Å². The Morgan fingerprint density at radius 3 is 2.45 bits per heavy atom. The number of amides is 1. The third kappa shape index (κ3) is 3.54. The Kier molecular flexibility index (Phi) is 4.04. The van der Waals surface area contributed by atoms with Crippen LogP contribution in [0.1, 0.15) is 26.3 Å². The molecule has 20 heavy (non-hydrogen) atoms. The summed E-state index contributed by atoms with van der Waals surface area (Å²) in [6.45, 7) is 6.69. The van der Waals surface area contributed by atoms with Crippen molar-refractivity contribution < 1.29 is 19.0 Å². The van der Waals surface area contributed by atoms with E-state index in [1.165, 1.54) is 0 Å². The SMILES string of the molecule is CC(C)(C)OC(=O)Nc1cc2c(cc1CN)OCCO2. The van der Waals surface area contributed by atoms with Crippen molar-refractivity contribution in [2.45, 2.75) is 32.9 Å². The topological polar surface area (TPSA) is 82.8 Å². The van der Waals surface area contributed by atoms with Crippen LogP contribution >= 0.6 is 0 Å². The van der Waals surface area contributed by atoms with Gasteiger partial charge in [-0.1, -0.05) is 0 Å². The van der Waals surface area contributed by atoms with Gasteiger partial charge in [-0.3, -0.25) is 5.32 Å². The van der Waals surface area contributed by atoms with Crippen molar-refractivity contribution in [1.82, 2.24) is 0 Å². The first-order valence-corrected chi connectivity index (χ1v) is 6.51. The Morgan fingerprint density at radius 1 is 1.30 bits per heavy atom. The fourth-order valence-corrected chi connectivity index (χ4v) is 1.83. The first-order valence-electron chi connectivity index (χ1n) is 6.51. The molecule has 1 aromatic carbocycles. The van der Waals surface area contributed by atoms with E-state index in [1.54, 1.807) is 32.9 Å². The van der Waals surface area contributed by atoms with Gasteiger partial charge in [0.2, 0.25) is 0 Å². The van der Waals surface area contributed by atoms with E-state index in [4.69, 9.17) is 19.9 Å². The second kappa shape index (κ2) is 5.58. The van der Waals surface area contributed by atoms with Crippen molar-refractivity contribution in [2.75, 3.05) is 18.5 Å². The largest absolute Gasteiger partial charge is 0.486 e. The van der Waals surface area contributed by atoms with Crippen molar-refractivity contribution in [1.29, 1.82) is 0 Å². The summed E-state index contributed by atoms with van der Waals surface area (Å²) >= 11 is 0. The molecule has 0 bridgehead atoms. The lowest BCUT2D eigenvalue weighted by molar-refractivity contribution is 0.0635. The highest BCUT2D eigenvalue weighted by atomic mass is 16.6. The minimum Gasteiger partial charge on any atom is -0.486 e. The molecule has 6 heteroatoms. The average molecular weight is 280 g/mol. The van der Waals surface area contributed by atoms with Gasteiger partial charge in [0.25, 0.3) is 0 Å². The molecule has 1 heterocycles. The molecule has 0 aliphatic carbocycles. The van der Waals surface area contributed by atoms with Crippen LogP contribution in [0.2, 0.25) is 0 Å². The fraction of sp³-hybridized carbons (Fsp3) is 0.500. The van der Waals surface area contributed by atoms with E-state index in [9.17, 15) is 4.79 Å². The molecular weight excluding hydrogens is 260 g/mol. The number of fused-ring (bicyclic) bond motifs is 1. The number of nitrogens with two attached hydrogens (primary N) is 1. The number of hydrogen-bond donors (Lipinski definition) is 2. The first-order chi connectivity index (χ1) is 9.39. The summed E-state index contributed by atoms with van der Waals surface area (Å²) in [5.74, 6) is 1.24. The lowest BCUT2D eigenvalue weighted by Crippen LogP contribution is -2.27.